The maximum Gasteiger partial charge on any atom is 0.205 e. The maximum atomic E-state index is 12.5. The van der Waals surface area contributed by atoms with E-state index < -0.39 is 0 Å². The van der Waals surface area contributed by atoms with Crippen LogP contribution < -0.4 is 0 Å². The normalized spacial score (nSPS) is 11.1. The third kappa shape index (κ3) is 2.44. The smallest absolute Gasteiger partial charge is 0.205 e. The summed E-state index contributed by atoms with van der Waals surface area (Å²) in [6.45, 7) is 0. The first-order valence-electron chi connectivity index (χ1n) is 5.18. The fourth-order valence-electron chi connectivity index (χ4n) is 1.76. The SMILES string of the molecule is O=C(c1cc(Br)c(Br)s1)c1c[nH]c2ncc(Br)cc12. The lowest BCUT2D eigenvalue weighted by Gasteiger charge is -1.96. The van der Waals surface area contributed by atoms with E-state index in [2.05, 4.69) is 57.8 Å². The van der Waals surface area contributed by atoms with Crippen LogP contribution in [-0.2, 0) is 0 Å². The van der Waals surface area contributed by atoms with Crippen LogP contribution in [0.2, 0.25) is 0 Å². The number of aromatic nitrogens is 2. The van der Waals surface area contributed by atoms with E-state index in [1.54, 1.807) is 12.4 Å². The van der Waals surface area contributed by atoms with E-state index in [0.29, 0.717) is 16.1 Å². The zero-order valence-corrected chi connectivity index (χ0v) is 14.8. The van der Waals surface area contributed by atoms with Crippen LogP contribution in [0.4, 0.5) is 0 Å². The van der Waals surface area contributed by atoms with Crippen molar-refractivity contribution in [1.82, 2.24) is 9.97 Å². The first-order valence-corrected chi connectivity index (χ1v) is 8.38. The highest BCUT2D eigenvalue weighted by Gasteiger charge is 2.18. The number of pyridine rings is 1. The van der Waals surface area contributed by atoms with Gasteiger partial charge in [0, 0.05) is 26.7 Å². The van der Waals surface area contributed by atoms with E-state index in [9.17, 15) is 4.79 Å². The van der Waals surface area contributed by atoms with Crippen LogP contribution in [0, 0.1) is 0 Å². The summed E-state index contributed by atoms with van der Waals surface area (Å²) in [7, 11) is 0. The second-order valence-corrected chi connectivity index (χ2v) is 7.95. The first kappa shape index (κ1) is 13.5. The average molecular weight is 465 g/mol. The molecule has 0 aromatic carbocycles. The Bertz CT molecular complexity index is 774. The van der Waals surface area contributed by atoms with Crippen LogP contribution in [0.1, 0.15) is 15.2 Å². The second-order valence-electron chi connectivity index (χ2n) is 3.81. The molecule has 0 atom stereocenters. The minimum atomic E-state index is -0.0115. The molecule has 3 nitrogen and oxygen atoms in total. The number of fused-ring (bicyclic) bond motifs is 1. The number of carbonyl (C=O) groups is 1. The zero-order valence-electron chi connectivity index (χ0n) is 9.21. The summed E-state index contributed by atoms with van der Waals surface area (Å²) in [6, 6.07) is 3.71. The van der Waals surface area contributed by atoms with Gasteiger partial charge < -0.3 is 4.98 Å². The number of hydrogen-bond acceptors (Lipinski definition) is 3. The molecule has 3 aromatic rings. The number of H-pyrrole nitrogens is 1. The largest absolute Gasteiger partial charge is 0.345 e. The van der Waals surface area contributed by atoms with Gasteiger partial charge in [-0.05, 0) is 59.9 Å². The number of nitrogens with one attached hydrogen (secondary N) is 1. The molecule has 0 aliphatic carbocycles. The van der Waals surface area contributed by atoms with E-state index in [1.807, 2.05) is 12.1 Å². The highest BCUT2D eigenvalue weighted by Crippen LogP contribution is 2.34. The lowest BCUT2D eigenvalue weighted by atomic mass is 10.1. The second kappa shape index (κ2) is 5.12. The number of halogens is 3. The Kier molecular flexibility index (Phi) is 3.63. The van der Waals surface area contributed by atoms with Crippen LogP contribution in [0.15, 0.2) is 37.3 Å². The van der Waals surface area contributed by atoms with Gasteiger partial charge in [0.05, 0.1) is 14.2 Å². The van der Waals surface area contributed by atoms with Gasteiger partial charge in [-0.2, -0.15) is 0 Å². The lowest BCUT2D eigenvalue weighted by molar-refractivity contribution is 0.104. The van der Waals surface area contributed by atoms with Gasteiger partial charge in [0.25, 0.3) is 0 Å². The minimum absolute atomic E-state index is 0.0115. The molecule has 0 saturated heterocycles. The molecule has 19 heavy (non-hydrogen) atoms. The molecule has 3 aromatic heterocycles. The Balaban J connectivity index is 2.13. The highest BCUT2D eigenvalue weighted by atomic mass is 79.9. The number of thiophene rings is 1. The predicted molar refractivity (Wildman–Crippen MR) is 86.9 cm³/mol. The summed E-state index contributed by atoms with van der Waals surface area (Å²) >= 11 is 11.6. The summed E-state index contributed by atoms with van der Waals surface area (Å²) in [6.07, 6.45) is 3.40. The zero-order chi connectivity index (χ0) is 13.6. The Morgan fingerprint density at radius 1 is 1.26 bits per heavy atom. The van der Waals surface area contributed by atoms with E-state index >= 15 is 0 Å². The van der Waals surface area contributed by atoms with Gasteiger partial charge in [-0.25, -0.2) is 4.98 Å². The molecule has 7 heteroatoms. The molecule has 1 N–H and O–H groups in total. The summed E-state index contributed by atoms with van der Waals surface area (Å²) in [5.41, 5.74) is 1.34. The molecule has 0 spiro atoms. The van der Waals surface area contributed by atoms with Crippen LogP contribution in [0.3, 0.4) is 0 Å². The van der Waals surface area contributed by atoms with E-state index in [4.69, 9.17) is 0 Å². The predicted octanol–water partition coefficient (Wildman–Crippen LogP) is 5.14. The minimum Gasteiger partial charge on any atom is -0.345 e. The number of nitrogens with zero attached hydrogens (tertiary/aromatic N) is 1. The molecule has 0 aliphatic heterocycles. The number of carbonyl (C=O) groups excluding carboxylic acids is 1. The molecular formula is C12H5Br3N2OS. The molecule has 0 saturated carbocycles. The molecule has 96 valence electrons. The first-order chi connectivity index (χ1) is 9.06. The maximum absolute atomic E-state index is 12.5. The van der Waals surface area contributed by atoms with Crippen molar-refractivity contribution in [2.45, 2.75) is 0 Å². The number of ketones is 1. The van der Waals surface area contributed by atoms with Crippen molar-refractivity contribution >= 4 is 75.9 Å². The van der Waals surface area contributed by atoms with Crippen molar-refractivity contribution in [2.75, 3.05) is 0 Å². The molecule has 0 bridgehead atoms. The van der Waals surface area contributed by atoms with Gasteiger partial charge in [-0.3, -0.25) is 4.79 Å². The van der Waals surface area contributed by atoms with E-state index in [1.165, 1.54) is 11.3 Å². The average Bonchev–Trinajstić information content (AvgIpc) is 2.93. The lowest BCUT2D eigenvalue weighted by Crippen LogP contribution is -1.97. The molecule has 3 rings (SSSR count). The van der Waals surface area contributed by atoms with Gasteiger partial charge in [0.1, 0.15) is 5.65 Å². The Morgan fingerprint density at radius 2 is 2.05 bits per heavy atom. The molecule has 3 heterocycles. The van der Waals surface area contributed by atoms with E-state index in [-0.39, 0.29) is 5.78 Å². The highest BCUT2D eigenvalue weighted by molar-refractivity contribution is 9.13. The van der Waals surface area contributed by atoms with Crippen molar-refractivity contribution in [1.29, 1.82) is 0 Å². The van der Waals surface area contributed by atoms with Gasteiger partial charge in [-0.15, -0.1) is 11.3 Å². The molecule has 0 radical (unpaired) electrons. The fourth-order valence-corrected chi connectivity index (χ4v) is 4.08. The molecule has 0 fully saturated rings. The van der Waals surface area contributed by atoms with Crippen molar-refractivity contribution in [3.05, 3.63) is 47.7 Å². The van der Waals surface area contributed by atoms with Crippen LogP contribution in [0.5, 0.6) is 0 Å². The summed E-state index contributed by atoms with van der Waals surface area (Å²) in [5.74, 6) is -0.0115. The third-order valence-corrected chi connectivity index (χ3v) is 6.30. The van der Waals surface area contributed by atoms with Crippen LogP contribution in [-0.4, -0.2) is 15.8 Å². The Morgan fingerprint density at radius 3 is 2.74 bits per heavy atom. The molecule has 0 amide bonds. The van der Waals surface area contributed by atoms with Crippen molar-refractivity contribution < 1.29 is 4.79 Å². The standard InChI is InChI=1S/C12H5Br3N2OS/c13-5-1-6-7(4-17-12(6)16-3-5)10(18)9-2-8(14)11(15)19-9/h1-4H,(H,16,17). The van der Waals surface area contributed by atoms with Gasteiger partial charge >= 0.3 is 0 Å². The van der Waals surface area contributed by atoms with E-state index in [0.717, 1.165) is 18.1 Å². The molecule has 0 aliphatic rings. The summed E-state index contributed by atoms with van der Waals surface area (Å²) < 4.78 is 2.65. The van der Waals surface area contributed by atoms with Gasteiger partial charge in [-0.1, -0.05) is 0 Å². The topological polar surface area (TPSA) is 45.8 Å². The number of aromatic amines is 1. The quantitative estimate of drug-likeness (QED) is 0.533. The molecular weight excluding hydrogens is 460 g/mol. The molecule has 0 unspecified atom stereocenters. The van der Waals surface area contributed by atoms with Crippen LogP contribution >= 0.6 is 59.1 Å². The number of hydrogen-bond donors (Lipinski definition) is 1. The van der Waals surface area contributed by atoms with Crippen molar-refractivity contribution in [3.63, 3.8) is 0 Å². The summed E-state index contributed by atoms with van der Waals surface area (Å²) in [5, 5.41) is 0.819. The third-order valence-electron chi connectivity index (χ3n) is 2.61. The summed E-state index contributed by atoms with van der Waals surface area (Å²) in [4.78, 5) is 20.4. The van der Waals surface area contributed by atoms with Crippen molar-refractivity contribution in [3.8, 4) is 0 Å². The number of rotatable bonds is 2. The van der Waals surface area contributed by atoms with Crippen molar-refractivity contribution in [2.24, 2.45) is 0 Å². The Labute approximate surface area is 137 Å². The van der Waals surface area contributed by atoms with Gasteiger partial charge in [0.2, 0.25) is 5.78 Å². The fraction of sp³-hybridized carbons (Fsp3) is 0. The van der Waals surface area contributed by atoms with Crippen LogP contribution in [0.25, 0.3) is 11.0 Å². The van der Waals surface area contributed by atoms with Gasteiger partial charge in [0.15, 0.2) is 0 Å². The monoisotopic (exact) mass is 462 g/mol. The Hall–Kier alpha value is -0.500.